The summed E-state index contributed by atoms with van der Waals surface area (Å²) in [5.41, 5.74) is 0.682. The van der Waals surface area contributed by atoms with Crippen molar-refractivity contribution >= 4 is 38.9 Å². The Kier molecular flexibility index (Phi) is 4.55. The third-order valence-electron chi connectivity index (χ3n) is 2.60. The number of sulfonamides is 1. The summed E-state index contributed by atoms with van der Waals surface area (Å²) < 4.78 is 32.3. The van der Waals surface area contributed by atoms with Crippen LogP contribution in [0.25, 0.3) is 0 Å². The highest BCUT2D eigenvalue weighted by molar-refractivity contribution is 7.92. The van der Waals surface area contributed by atoms with Gasteiger partial charge in [0.25, 0.3) is 10.0 Å². The van der Waals surface area contributed by atoms with Crippen LogP contribution in [0.3, 0.4) is 0 Å². The molecule has 0 fully saturated rings. The van der Waals surface area contributed by atoms with E-state index in [1.54, 1.807) is 19.1 Å². The van der Waals surface area contributed by atoms with Crippen molar-refractivity contribution in [1.82, 2.24) is 9.97 Å². The number of hydrogen-bond acceptors (Lipinski definition) is 5. The standard InChI is InChI=1S/C12H11Cl2N3O3S/c1-7-3-4-8(20-2)9(5-7)21(18,19)17-10-11(13)15-6-16-12(10)14/h3-6,17H,1-2H3. The normalized spacial score (nSPS) is 11.2. The first kappa shape index (κ1) is 15.8. The molecule has 0 saturated carbocycles. The SMILES string of the molecule is COc1ccc(C)cc1S(=O)(=O)Nc1c(Cl)ncnc1Cl. The van der Waals surface area contributed by atoms with Crippen LogP contribution >= 0.6 is 23.2 Å². The molecule has 1 heterocycles. The molecule has 0 aliphatic rings. The second-order valence-electron chi connectivity index (χ2n) is 4.09. The minimum atomic E-state index is -3.95. The van der Waals surface area contributed by atoms with Gasteiger partial charge in [0.15, 0.2) is 10.3 Å². The van der Waals surface area contributed by atoms with Crippen LogP contribution in [0.15, 0.2) is 29.4 Å². The van der Waals surface area contributed by atoms with Crippen LogP contribution in [-0.4, -0.2) is 25.5 Å². The van der Waals surface area contributed by atoms with E-state index in [4.69, 9.17) is 27.9 Å². The van der Waals surface area contributed by atoms with Gasteiger partial charge in [-0.3, -0.25) is 4.72 Å². The molecule has 1 aromatic heterocycles. The average Bonchev–Trinajstić information content (AvgIpc) is 2.43. The molecule has 0 spiro atoms. The Bertz CT molecular complexity index is 761. The number of nitrogens with zero attached hydrogens (tertiary/aromatic N) is 2. The third-order valence-corrected chi connectivity index (χ3v) is 4.54. The lowest BCUT2D eigenvalue weighted by Crippen LogP contribution is -2.15. The van der Waals surface area contributed by atoms with Crippen molar-refractivity contribution in [3.05, 3.63) is 40.4 Å². The van der Waals surface area contributed by atoms with Crippen molar-refractivity contribution in [2.24, 2.45) is 0 Å². The summed E-state index contributed by atoms with van der Waals surface area (Å²) >= 11 is 11.7. The molecule has 0 bridgehead atoms. The Morgan fingerprint density at radius 1 is 1.19 bits per heavy atom. The highest BCUT2D eigenvalue weighted by Crippen LogP contribution is 2.31. The van der Waals surface area contributed by atoms with Crippen LogP contribution in [0.5, 0.6) is 5.75 Å². The van der Waals surface area contributed by atoms with Gasteiger partial charge >= 0.3 is 0 Å². The number of aromatic nitrogens is 2. The van der Waals surface area contributed by atoms with Gasteiger partial charge < -0.3 is 4.74 Å². The lowest BCUT2D eigenvalue weighted by molar-refractivity contribution is 0.402. The molecule has 0 unspecified atom stereocenters. The number of ether oxygens (including phenoxy) is 1. The van der Waals surface area contributed by atoms with Crippen LogP contribution < -0.4 is 9.46 Å². The number of aryl methyl sites for hydroxylation is 1. The summed E-state index contributed by atoms with van der Waals surface area (Å²) in [6.45, 7) is 1.77. The minimum Gasteiger partial charge on any atom is -0.495 e. The summed E-state index contributed by atoms with van der Waals surface area (Å²) in [4.78, 5) is 7.35. The molecule has 1 aromatic carbocycles. The molecular formula is C12H11Cl2N3O3S. The zero-order valence-corrected chi connectivity index (χ0v) is 13.4. The Morgan fingerprint density at radius 2 is 1.81 bits per heavy atom. The molecular weight excluding hydrogens is 337 g/mol. The Morgan fingerprint density at radius 3 is 2.38 bits per heavy atom. The summed E-state index contributed by atoms with van der Waals surface area (Å²) in [5, 5.41) is -0.185. The quantitative estimate of drug-likeness (QED) is 0.860. The smallest absolute Gasteiger partial charge is 0.265 e. The summed E-state index contributed by atoms with van der Waals surface area (Å²) in [6, 6.07) is 4.78. The summed E-state index contributed by atoms with van der Waals surface area (Å²) in [7, 11) is -2.56. The molecule has 0 aliphatic heterocycles. The summed E-state index contributed by atoms with van der Waals surface area (Å²) in [6.07, 6.45) is 1.13. The molecule has 2 rings (SSSR count). The van der Waals surface area contributed by atoms with E-state index in [2.05, 4.69) is 14.7 Å². The predicted octanol–water partition coefficient (Wildman–Crippen LogP) is 2.90. The van der Waals surface area contributed by atoms with Crippen LogP contribution in [0, 0.1) is 6.92 Å². The van der Waals surface area contributed by atoms with Crippen molar-refractivity contribution in [3.8, 4) is 5.75 Å². The van der Waals surface area contributed by atoms with Gasteiger partial charge in [-0.25, -0.2) is 18.4 Å². The van der Waals surface area contributed by atoms with Crippen molar-refractivity contribution in [2.45, 2.75) is 11.8 Å². The maximum absolute atomic E-state index is 12.5. The van der Waals surface area contributed by atoms with Gasteiger partial charge in [-0.15, -0.1) is 0 Å². The van der Waals surface area contributed by atoms with Crippen molar-refractivity contribution < 1.29 is 13.2 Å². The number of methoxy groups -OCH3 is 1. The molecule has 2 aromatic rings. The first-order valence-corrected chi connectivity index (χ1v) is 7.92. The zero-order chi connectivity index (χ0) is 15.6. The topological polar surface area (TPSA) is 81.2 Å². The molecule has 9 heteroatoms. The third kappa shape index (κ3) is 3.37. The maximum Gasteiger partial charge on any atom is 0.265 e. The largest absolute Gasteiger partial charge is 0.495 e. The molecule has 0 amide bonds. The minimum absolute atomic E-state index is 0.0269. The molecule has 1 N–H and O–H groups in total. The van der Waals surface area contributed by atoms with Gasteiger partial charge in [-0.05, 0) is 24.6 Å². The van der Waals surface area contributed by atoms with Crippen molar-refractivity contribution in [3.63, 3.8) is 0 Å². The zero-order valence-electron chi connectivity index (χ0n) is 11.1. The van der Waals surface area contributed by atoms with Gasteiger partial charge in [-0.1, -0.05) is 29.3 Å². The fourth-order valence-corrected chi connectivity index (χ4v) is 3.46. The van der Waals surface area contributed by atoms with Gasteiger partial charge in [0, 0.05) is 0 Å². The van der Waals surface area contributed by atoms with Gasteiger partial charge in [0.2, 0.25) is 0 Å². The van der Waals surface area contributed by atoms with E-state index in [0.717, 1.165) is 11.9 Å². The highest BCUT2D eigenvalue weighted by atomic mass is 35.5. The van der Waals surface area contributed by atoms with E-state index in [9.17, 15) is 8.42 Å². The van der Waals surface area contributed by atoms with E-state index >= 15 is 0 Å². The summed E-state index contributed by atoms with van der Waals surface area (Å²) in [5.74, 6) is 0.206. The van der Waals surface area contributed by atoms with Crippen LogP contribution in [0.1, 0.15) is 5.56 Å². The van der Waals surface area contributed by atoms with Gasteiger partial charge in [0.1, 0.15) is 22.7 Å². The molecule has 112 valence electrons. The fourth-order valence-electron chi connectivity index (χ4n) is 1.61. The Labute approximate surface area is 132 Å². The van der Waals surface area contributed by atoms with Gasteiger partial charge in [-0.2, -0.15) is 0 Å². The number of hydrogen-bond donors (Lipinski definition) is 1. The lowest BCUT2D eigenvalue weighted by atomic mass is 10.2. The van der Waals surface area contributed by atoms with E-state index in [1.807, 2.05) is 0 Å². The number of anilines is 1. The Balaban J connectivity index is 2.51. The number of nitrogens with one attached hydrogen (secondary N) is 1. The number of halogens is 2. The van der Waals surface area contributed by atoms with Crippen molar-refractivity contribution in [2.75, 3.05) is 11.8 Å². The monoisotopic (exact) mass is 347 g/mol. The lowest BCUT2D eigenvalue weighted by Gasteiger charge is -2.13. The molecule has 21 heavy (non-hydrogen) atoms. The second kappa shape index (κ2) is 6.05. The molecule has 0 aliphatic carbocycles. The van der Waals surface area contributed by atoms with E-state index in [-0.39, 0.29) is 26.6 Å². The molecule has 6 nitrogen and oxygen atoms in total. The second-order valence-corrected chi connectivity index (χ2v) is 6.46. The Hall–Kier alpha value is -1.57. The van der Waals surface area contributed by atoms with E-state index < -0.39 is 10.0 Å². The van der Waals surface area contributed by atoms with Crippen LogP contribution in [-0.2, 0) is 10.0 Å². The fraction of sp³-hybridized carbons (Fsp3) is 0.167. The molecule has 0 radical (unpaired) electrons. The number of benzene rings is 1. The maximum atomic E-state index is 12.5. The van der Waals surface area contributed by atoms with Gasteiger partial charge in [0.05, 0.1) is 7.11 Å². The van der Waals surface area contributed by atoms with Crippen LogP contribution in [0.2, 0.25) is 10.3 Å². The molecule has 0 saturated heterocycles. The molecule has 0 atom stereocenters. The van der Waals surface area contributed by atoms with Crippen molar-refractivity contribution in [1.29, 1.82) is 0 Å². The van der Waals surface area contributed by atoms with E-state index in [1.165, 1.54) is 13.2 Å². The predicted molar refractivity (Wildman–Crippen MR) is 80.6 cm³/mol. The number of rotatable bonds is 4. The van der Waals surface area contributed by atoms with Crippen LogP contribution in [0.4, 0.5) is 5.69 Å². The first-order valence-electron chi connectivity index (χ1n) is 5.68. The first-order chi connectivity index (χ1) is 9.85. The average molecular weight is 348 g/mol. The highest BCUT2D eigenvalue weighted by Gasteiger charge is 2.23. The van der Waals surface area contributed by atoms with E-state index in [0.29, 0.717) is 0 Å².